The van der Waals surface area contributed by atoms with Gasteiger partial charge in [-0.05, 0) is 218 Å². The Labute approximate surface area is 674 Å². The van der Waals surface area contributed by atoms with E-state index in [-0.39, 0.29) is 116 Å². The molecule has 5 aliphatic rings. The minimum atomic E-state index is -2.96. The van der Waals surface area contributed by atoms with Crippen molar-refractivity contribution in [2.45, 2.75) is 148 Å². The number of carbonyl (C=O) groups excluding carboxylic acids is 5. The Morgan fingerprint density at radius 1 is 0.383 bits per heavy atom. The van der Waals surface area contributed by atoms with Gasteiger partial charge in [0.05, 0.1) is 24.9 Å². The van der Waals surface area contributed by atoms with E-state index in [0.717, 1.165) is 55.3 Å². The molecule has 0 fully saturated rings. The maximum absolute atomic E-state index is 14.3. The van der Waals surface area contributed by atoms with Gasteiger partial charge >= 0.3 is 13.2 Å². The van der Waals surface area contributed by atoms with Crippen molar-refractivity contribution in [2.75, 3.05) is 6.61 Å². The van der Waals surface area contributed by atoms with Crippen LogP contribution in [0.25, 0.3) is 55.6 Å². The lowest BCUT2D eigenvalue weighted by Gasteiger charge is -2.32. The number of hydrogen-bond acceptors (Lipinski definition) is 17. The molecule has 5 amide bonds. The number of nitrogens with two attached hydrogens (primary N) is 5. The Morgan fingerprint density at radius 3 is 0.967 bits per heavy atom. The molecule has 0 radical (unpaired) electrons. The molecule has 0 saturated heterocycles. The van der Waals surface area contributed by atoms with Gasteiger partial charge in [-0.1, -0.05) is 0 Å². The average molecular weight is 1680 g/mol. The standard InChI is InChI=1S/C18H16F4N2O3.C17H14F4N2O3.C17H16F2N2O2.2C16H14F2N2O2/c1-8(26-18(21)22)15-5-4-11-12(10-3-2-9(19)6-13(10)20)7-14(16(23)25)24-17(11)27-15;18-8-1-3-10(13(19)5-8)12-6-14(15(22)24)23-16-11(12)4-2-9(26-16)7-25-17(20)21;1-17(2)6-5-11-12(10-4-3-9(18)7-13(10)19)8-14(15(20)22)21-16(11)23-17;2*1-8-2-4-11-12(10-5-3-9(17)6-13(10)18)7-14(15(19)21)20-16(11)22-8/h2-3,6-8,15,18H,4-5H2,1H3,(H2,23,25);1,3,5-6,9,17H,2,4,7H2,(H2,22,24);3-4,7-8H,5-6H2,1-2H3,(H2,20,22);2*3,5-8H,2,4H2,1H3,(H2,19,21)/t8-,15-;9-;;2*8-/m11.10/s1. The summed E-state index contributed by atoms with van der Waals surface area (Å²) in [7, 11) is 0. The number of primary amides is 5. The third kappa shape index (κ3) is 21.2. The summed E-state index contributed by atoms with van der Waals surface area (Å²) in [5, 5.41) is 0. The number of alkyl halides is 4. The number of halogens is 14. The molecule has 0 unspecified atom stereocenters. The van der Waals surface area contributed by atoms with Crippen LogP contribution in [0.2, 0.25) is 0 Å². The van der Waals surface area contributed by atoms with Crippen molar-refractivity contribution in [1.29, 1.82) is 0 Å². The predicted molar refractivity (Wildman–Crippen MR) is 404 cm³/mol. The molecule has 0 bridgehead atoms. The summed E-state index contributed by atoms with van der Waals surface area (Å²) in [4.78, 5) is 77.9. The molecular formula is C84H74F14N10O12. The highest BCUT2D eigenvalue weighted by Gasteiger charge is 2.36. The van der Waals surface area contributed by atoms with Gasteiger partial charge in [0.2, 0.25) is 29.4 Å². The van der Waals surface area contributed by atoms with E-state index in [1.54, 1.807) is 0 Å². The minimum Gasteiger partial charge on any atom is -0.474 e. The average Bonchev–Trinajstić information content (AvgIpc) is 0.833. The van der Waals surface area contributed by atoms with Crippen molar-refractivity contribution in [2.24, 2.45) is 28.7 Å². The molecule has 10 aromatic rings. The van der Waals surface area contributed by atoms with E-state index in [1.165, 1.54) is 85.8 Å². The monoisotopic (exact) mass is 1680 g/mol. The van der Waals surface area contributed by atoms with Crippen LogP contribution in [0.3, 0.4) is 0 Å². The topological polar surface area (TPSA) is 345 Å². The maximum atomic E-state index is 14.3. The van der Waals surface area contributed by atoms with Crippen LogP contribution in [0.1, 0.15) is 147 Å². The van der Waals surface area contributed by atoms with E-state index in [1.807, 2.05) is 27.7 Å². The fourth-order valence-corrected chi connectivity index (χ4v) is 13.6. The summed E-state index contributed by atoms with van der Waals surface area (Å²) < 4.78 is 223. The van der Waals surface area contributed by atoms with Gasteiger partial charge in [-0.15, -0.1) is 0 Å². The van der Waals surface area contributed by atoms with Crippen molar-refractivity contribution >= 4 is 29.5 Å². The van der Waals surface area contributed by atoms with Crippen LogP contribution >= 0.6 is 0 Å². The van der Waals surface area contributed by atoms with Crippen LogP contribution in [0.4, 0.5) is 61.5 Å². The molecule has 36 heteroatoms. The third-order valence-corrected chi connectivity index (χ3v) is 19.6. The molecule has 22 nitrogen and oxygen atoms in total. The van der Waals surface area contributed by atoms with Gasteiger partial charge in [0, 0.05) is 86.0 Å². The highest BCUT2D eigenvalue weighted by Crippen LogP contribution is 2.44. The number of aromatic nitrogens is 5. The number of nitrogens with zero attached hydrogens (tertiary/aromatic N) is 5. The lowest BCUT2D eigenvalue weighted by molar-refractivity contribution is -0.180. The molecule has 0 aliphatic carbocycles. The van der Waals surface area contributed by atoms with Gasteiger partial charge in [0.25, 0.3) is 29.5 Å². The van der Waals surface area contributed by atoms with Crippen LogP contribution in [0.5, 0.6) is 29.4 Å². The number of pyridine rings is 5. The van der Waals surface area contributed by atoms with Crippen molar-refractivity contribution in [3.63, 3.8) is 0 Å². The number of amides is 5. The molecule has 120 heavy (non-hydrogen) atoms. The summed E-state index contributed by atoms with van der Waals surface area (Å²) in [6.07, 6.45) is 2.93. The molecule has 15 rings (SSSR count). The minimum absolute atomic E-state index is 0.00542. The van der Waals surface area contributed by atoms with Crippen molar-refractivity contribution in [3.8, 4) is 85.0 Å². The zero-order chi connectivity index (χ0) is 87.0. The molecule has 10 heterocycles. The Kier molecular flexibility index (Phi) is 27.4. The number of hydrogen-bond donors (Lipinski definition) is 5. The summed E-state index contributed by atoms with van der Waals surface area (Å²) in [6, 6.07) is 22.9. The fourth-order valence-electron chi connectivity index (χ4n) is 13.6. The van der Waals surface area contributed by atoms with E-state index < -0.39 is 125 Å². The van der Waals surface area contributed by atoms with Gasteiger partial charge in [0.15, 0.2) is 0 Å². The molecule has 5 aromatic heterocycles. The molecular weight excluding hydrogens is 1610 g/mol. The first-order valence-corrected chi connectivity index (χ1v) is 36.9. The highest BCUT2D eigenvalue weighted by atomic mass is 19.3. The number of ether oxygens (including phenoxy) is 7. The van der Waals surface area contributed by atoms with Crippen LogP contribution in [-0.4, -0.2) is 110 Å². The van der Waals surface area contributed by atoms with Crippen LogP contribution in [0, 0.1) is 58.2 Å². The molecule has 0 saturated carbocycles. The molecule has 5 aliphatic heterocycles. The zero-order valence-corrected chi connectivity index (χ0v) is 64.2. The quantitative estimate of drug-likeness (QED) is 0.0561. The summed E-state index contributed by atoms with van der Waals surface area (Å²) >= 11 is 0. The largest absolute Gasteiger partial charge is 0.474 e. The van der Waals surface area contributed by atoms with E-state index in [0.29, 0.717) is 95.9 Å². The number of carbonyl (C=O) groups is 5. The fraction of sp³-hybridized carbons (Fsp3) is 0.286. The third-order valence-electron chi connectivity index (χ3n) is 19.6. The Balaban J connectivity index is 0.000000147. The second-order valence-electron chi connectivity index (χ2n) is 28.6. The van der Waals surface area contributed by atoms with Crippen LogP contribution < -0.4 is 52.4 Å². The van der Waals surface area contributed by atoms with Gasteiger partial charge in [-0.2, -0.15) is 17.6 Å². The number of fused-ring (bicyclic) bond motifs is 5. The molecule has 10 N–H and O–H groups in total. The smallest absolute Gasteiger partial charge is 0.345 e. The molecule has 5 aromatic carbocycles. The first-order chi connectivity index (χ1) is 56.8. The molecule has 5 atom stereocenters. The van der Waals surface area contributed by atoms with E-state index in [9.17, 15) is 85.4 Å². The lowest BCUT2D eigenvalue weighted by atomic mass is 9.90. The lowest BCUT2D eigenvalue weighted by Crippen LogP contribution is -2.36. The molecule has 0 spiro atoms. The van der Waals surface area contributed by atoms with Crippen LogP contribution in [-0.2, 0) is 41.6 Å². The number of benzene rings is 5. The zero-order valence-electron chi connectivity index (χ0n) is 64.2. The maximum Gasteiger partial charge on any atom is 0.345 e. The first-order valence-electron chi connectivity index (χ1n) is 36.9. The van der Waals surface area contributed by atoms with Gasteiger partial charge < -0.3 is 61.8 Å². The Bertz CT molecular complexity index is 5490. The van der Waals surface area contributed by atoms with E-state index in [2.05, 4.69) is 34.4 Å². The summed E-state index contributed by atoms with van der Waals surface area (Å²) in [5.41, 5.74) is 31.3. The normalized spacial score (nSPS) is 16.6. The van der Waals surface area contributed by atoms with Crippen molar-refractivity contribution < 1.29 is 119 Å². The van der Waals surface area contributed by atoms with E-state index >= 15 is 0 Å². The van der Waals surface area contributed by atoms with Crippen molar-refractivity contribution in [1.82, 2.24) is 24.9 Å². The number of rotatable bonds is 16. The first kappa shape index (κ1) is 88.0. The second-order valence-corrected chi connectivity index (χ2v) is 28.6. The highest BCUT2D eigenvalue weighted by molar-refractivity contribution is 5.96. The Morgan fingerprint density at radius 2 is 0.667 bits per heavy atom. The van der Waals surface area contributed by atoms with Gasteiger partial charge in [-0.3, -0.25) is 24.0 Å². The second kappa shape index (κ2) is 37.4. The van der Waals surface area contributed by atoms with Crippen LogP contribution in [0.15, 0.2) is 121 Å². The summed E-state index contributed by atoms with van der Waals surface area (Å²) in [5.74, 6) is -10.3. The predicted octanol–water partition coefficient (Wildman–Crippen LogP) is 15.4. The summed E-state index contributed by atoms with van der Waals surface area (Å²) in [6.45, 7) is 2.77. The van der Waals surface area contributed by atoms with Crippen molar-refractivity contribution in [3.05, 3.63) is 236 Å². The van der Waals surface area contributed by atoms with Gasteiger partial charge in [-0.25, -0.2) is 68.8 Å². The Hall–Kier alpha value is -12.9. The molecule has 630 valence electrons. The van der Waals surface area contributed by atoms with E-state index in [4.69, 9.17) is 52.4 Å². The SMILES string of the molecule is CC1(C)CCc2c(-c3ccc(F)cc3F)cc(C(N)=O)nc2O1.C[C@@H](OC(F)F)[C@H]1CCc2c(-c3ccc(F)cc3F)cc(C(N)=O)nc2O1.C[C@@H]1CCc2c(-c3ccc(F)cc3F)cc(C(N)=O)nc2O1.C[C@H]1CCc2c(-c3ccc(F)cc3F)cc(C(N)=O)nc2O1.NC(=O)c1cc(-c2ccc(F)cc2F)c2c(n1)O[C@@H](COC(F)F)CC2. The van der Waals surface area contributed by atoms with Gasteiger partial charge in [0.1, 0.15) is 104 Å².